The van der Waals surface area contributed by atoms with Gasteiger partial charge in [0.1, 0.15) is 18.2 Å². The smallest absolute Gasteiger partial charge is 0.373 e. The zero-order chi connectivity index (χ0) is 14.6. The lowest BCUT2D eigenvalue weighted by Crippen LogP contribution is -2.19. The molecule has 1 aromatic rings. The fourth-order valence-electron chi connectivity index (χ4n) is 2.32. The van der Waals surface area contributed by atoms with E-state index in [4.69, 9.17) is 0 Å². The number of nitrogens with one attached hydrogen (secondary N) is 1. The first-order chi connectivity index (χ1) is 9.49. The number of fused-ring (bicyclic) bond motifs is 1. The van der Waals surface area contributed by atoms with Gasteiger partial charge in [0.2, 0.25) is 0 Å². The summed E-state index contributed by atoms with van der Waals surface area (Å²) in [6, 6.07) is 0. The highest BCUT2D eigenvalue weighted by atomic mass is 19.4. The number of alkyl halides is 3. The van der Waals surface area contributed by atoms with Crippen LogP contribution in [0, 0.1) is 0 Å². The number of hydrogen-bond donors (Lipinski definition) is 1. The van der Waals surface area contributed by atoms with Crippen molar-refractivity contribution >= 4 is 5.82 Å². The van der Waals surface area contributed by atoms with Crippen molar-refractivity contribution in [2.75, 3.05) is 25.6 Å². The van der Waals surface area contributed by atoms with Crippen molar-refractivity contribution in [3.8, 4) is 0 Å². The molecule has 7 heteroatoms. The number of halogens is 3. The van der Waals surface area contributed by atoms with Crippen molar-refractivity contribution in [2.45, 2.75) is 38.3 Å². The molecule has 2 rings (SSSR count). The van der Waals surface area contributed by atoms with E-state index in [-0.39, 0.29) is 13.0 Å². The van der Waals surface area contributed by atoms with Gasteiger partial charge in [-0.2, -0.15) is 13.2 Å². The molecule has 0 radical (unpaired) electrons. The Hall–Kier alpha value is -1.37. The third-order valence-electron chi connectivity index (χ3n) is 3.20. The molecule has 0 aliphatic heterocycles. The lowest BCUT2D eigenvalue weighted by atomic mass is 9.96. The molecule has 1 N–H and O–H groups in total. The Morgan fingerprint density at radius 1 is 1.20 bits per heavy atom. The molecular weight excluding hydrogens is 271 g/mol. The molecular formula is C13H18F3N3O. The molecule has 1 aromatic heterocycles. The van der Waals surface area contributed by atoms with Gasteiger partial charge in [-0.15, -0.1) is 0 Å². The fraction of sp³-hybridized carbons (Fsp3) is 0.692. The Morgan fingerprint density at radius 2 is 1.95 bits per heavy atom. The monoisotopic (exact) mass is 289 g/mol. The van der Waals surface area contributed by atoms with Crippen LogP contribution in [0.5, 0.6) is 0 Å². The summed E-state index contributed by atoms with van der Waals surface area (Å²) in [4.78, 5) is 8.80. The molecule has 0 saturated heterocycles. The van der Waals surface area contributed by atoms with Crippen molar-refractivity contribution in [3.63, 3.8) is 0 Å². The van der Waals surface area contributed by atoms with Gasteiger partial charge in [0.05, 0.1) is 6.61 Å². The van der Waals surface area contributed by atoms with E-state index in [0.717, 1.165) is 42.8 Å². The lowest BCUT2D eigenvalue weighted by Gasteiger charge is -2.18. The van der Waals surface area contributed by atoms with Gasteiger partial charge in [0, 0.05) is 24.7 Å². The zero-order valence-electron chi connectivity index (χ0n) is 11.4. The second-order valence-electron chi connectivity index (χ2n) is 4.79. The van der Waals surface area contributed by atoms with E-state index in [1.807, 2.05) is 0 Å². The quantitative estimate of drug-likeness (QED) is 0.846. The maximum absolute atomic E-state index is 12.0. The summed E-state index contributed by atoms with van der Waals surface area (Å²) < 4.78 is 40.5. The minimum atomic E-state index is -4.28. The maximum atomic E-state index is 12.0. The molecule has 1 aliphatic rings. The van der Waals surface area contributed by atoms with Crippen LogP contribution in [0.25, 0.3) is 0 Å². The van der Waals surface area contributed by atoms with Crippen molar-refractivity contribution in [1.82, 2.24) is 9.97 Å². The number of aromatic nitrogens is 2. The minimum absolute atomic E-state index is 0.0263. The number of aryl methyl sites for hydroxylation is 1. The molecule has 0 atom stereocenters. The molecule has 0 bridgehead atoms. The number of nitrogens with zero attached hydrogens (tertiary/aromatic N) is 2. The summed E-state index contributed by atoms with van der Waals surface area (Å²) in [5, 5.41) is 3.04. The van der Waals surface area contributed by atoms with Gasteiger partial charge < -0.3 is 10.1 Å². The largest absolute Gasteiger partial charge is 0.411 e. The Morgan fingerprint density at radius 3 is 2.65 bits per heavy atom. The van der Waals surface area contributed by atoms with Gasteiger partial charge in [-0.1, -0.05) is 0 Å². The number of anilines is 1. The van der Waals surface area contributed by atoms with Crippen molar-refractivity contribution in [2.24, 2.45) is 0 Å². The van der Waals surface area contributed by atoms with Crippen LogP contribution in [0.3, 0.4) is 0 Å². The van der Waals surface area contributed by atoms with Crippen LogP contribution in [0.15, 0.2) is 0 Å². The van der Waals surface area contributed by atoms with Crippen LogP contribution in [0.4, 0.5) is 19.0 Å². The first-order valence-electron chi connectivity index (χ1n) is 6.70. The summed E-state index contributed by atoms with van der Waals surface area (Å²) in [5.41, 5.74) is 2.15. The SMILES string of the molecule is CNc1nc(CCOCC(F)(F)F)nc2c1CCCC2. The molecule has 1 heterocycles. The Labute approximate surface area is 115 Å². The Kier molecular flexibility index (Phi) is 4.80. The summed E-state index contributed by atoms with van der Waals surface area (Å²) in [6.45, 7) is -1.25. The minimum Gasteiger partial charge on any atom is -0.373 e. The van der Waals surface area contributed by atoms with Crippen molar-refractivity contribution < 1.29 is 17.9 Å². The van der Waals surface area contributed by atoms with Gasteiger partial charge in [0.25, 0.3) is 0 Å². The third kappa shape index (κ3) is 4.06. The lowest BCUT2D eigenvalue weighted by molar-refractivity contribution is -0.173. The first kappa shape index (κ1) is 15.0. The second kappa shape index (κ2) is 6.39. The third-order valence-corrected chi connectivity index (χ3v) is 3.20. The van der Waals surface area contributed by atoms with E-state index in [9.17, 15) is 13.2 Å². The number of ether oxygens (including phenoxy) is 1. The molecule has 4 nitrogen and oxygen atoms in total. The molecule has 1 aliphatic carbocycles. The van der Waals surface area contributed by atoms with Crippen LogP contribution < -0.4 is 5.32 Å². The molecule has 0 amide bonds. The molecule has 112 valence electrons. The van der Waals surface area contributed by atoms with E-state index in [1.165, 1.54) is 0 Å². The Bertz CT molecular complexity index is 446. The number of hydrogen-bond acceptors (Lipinski definition) is 4. The molecule has 0 fully saturated rings. The van der Waals surface area contributed by atoms with E-state index >= 15 is 0 Å². The summed E-state index contributed by atoms with van der Waals surface area (Å²) in [6.07, 6.45) is 0.0838. The van der Waals surface area contributed by atoms with Crippen LogP contribution in [-0.4, -0.2) is 36.4 Å². The summed E-state index contributed by atoms with van der Waals surface area (Å²) in [7, 11) is 1.79. The molecule has 20 heavy (non-hydrogen) atoms. The molecule has 0 spiro atoms. The van der Waals surface area contributed by atoms with E-state index in [0.29, 0.717) is 5.82 Å². The predicted octanol–water partition coefficient (Wildman–Crippen LogP) is 2.52. The topological polar surface area (TPSA) is 47.0 Å². The van der Waals surface area contributed by atoms with Crippen LogP contribution in [0.2, 0.25) is 0 Å². The van der Waals surface area contributed by atoms with Gasteiger partial charge in [0.15, 0.2) is 0 Å². The van der Waals surface area contributed by atoms with Crippen LogP contribution in [-0.2, 0) is 24.0 Å². The maximum Gasteiger partial charge on any atom is 0.411 e. The summed E-state index contributed by atoms with van der Waals surface area (Å²) in [5.74, 6) is 1.33. The van der Waals surface area contributed by atoms with E-state index in [2.05, 4.69) is 20.0 Å². The number of rotatable bonds is 5. The summed E-state index contributed by atoms with van der Waals surface area (Å²) >= 11 is 0. The molecule has 0 unspecified atom stereocenters. The average Bonchev–Trinajstić information content (AvgIpc) is 2.41. The highest BCUT2D eigenvalue weighted by Crippen LogP contribution is 2.25. The standard InChI is InChI=1S/C13H18F3N3O/c1-17-12-9-4-2-3-5-10(9)18-11(19-12)6-7-20-8-13(14,15)16/h2-8H2,1H3,(H,17,18,19). The van der Waals surface area contributed by atoms with Gasteiger partial charge in [-0.3, -0.25) is 0 Å². The zero-order valence-corrected chi connectivity index (χ0v) is 11.4. The van der Waals surface area contributed by atoms with E-state index < -0.39 is 12.8 Å². The van der Waals surface area contributed by atoms with E-state index in [1.54, 1.807) is 7.05 Å². The van der Waals surface area contributed by atoms with Crippen LogP contribution in [0.1, 0.15) is 29.9 Å². The van der Waals surface area contributed by atoms with Crippen molar-refractivity contribution in [3.05, 3.63) is 17.1 Å². The molecule has 0 aromatic carbocycles. The fourth-order valence-corrected chi connectivity index (χ4v) is 2.32. The normalized spacial score (nSPS) is 15.0. The van der Waals surface area contributed by atoms with Crippen molar-refractivity contribution in [1.29, 1.82) is 0 Å². The Balaban J connectivity index is 1.98. The van der Waals surface area contributed by atoms with Gasteiger partial charge >= 0.3 is 6.18 Å². The van der Waals surface area contributed by atoms with Gasteiger partial charge in [-0.05, 0) is 25.7 Å². The first-order valence-corrected chi connectivity index (χ1v) is 6.70. The van der Waals surface area contributed by atoms with Gasteiger partial charge in [-0.25, -0.2) is 9.97 Å². The second-order valence-corrected chi connectivity index (χ2v) is 4.79. The molecule has 0 saturated carbocycles. The average molecular weight is 289 g/mol. The predicted molar refractivity (Wildman–Crippen MR) is 68.8 cm³/mol. The van der Waals surface area contributed by atoms with Crippen LogP contribution >= 0.6 is 0 Å². The highest BCUT2D eigenvalue weighted by molar-refractivity contribution is 5.47. The highest BCUT2D eigenvalue weighted by Gasteiger charge is 2.27.